The van der Waals surface area contributed by atoms with Crippen molar-refractivity contribution in [1.82, 2.24) is 0 Å². The molecule has 0 aliphatic rings. The van der Waals surface area contributed by atoms with Crippen LogP contribution in [0.2, 0.25) is 20.1 Å². The molecule has 2 rings (SSSR count). The predicted octanol–water partition coefficient (Wildman–Crippen LogP) is 5.68. The van der Waals surface area contributed by atoms with Crippen LogP contribution in [0.5, 0.6) is 0 Å². The summed E-state index contributed by atoms with van der Waals surface area (Å²) in [6, 6.07) is 8.45. The molecule has 0 radical (unpaired) electrons. The molecule has 0 saturated carbocycles. The third kappa shape index (κ3) is 3.30. The molecule has 0 aliphatic heterocycles. The molecule has 0 atom stereocenters. The maximum atomic E-state index is 6.12. The first kappa shape index (κ1) is 15.7. The average molecular weight is 366 g/mol. The number of anilines is 2. The van der Waals surface area contributed by atoms with Crippen LogP contribution in [-0.4, -0.2) is 4.99 Å². The average Bonchev–Trinajstić information content (AvgIpc) is 2.35. The summed E-state index contributed by atoms with van der Waals surface area (Å²) in [4.78, 5) is 0.189. The van der Waals surface area contributed by atoms with Crippen molar-refractivity contribution in [2.45, 2.75) is 0 Å². The highest BCUT2D eigenvalue weighted by molar-refractivity contribution is 7.80. The minimum atomic E-state index is 0.189. The second-order valence-electron chi connectivity index (χ2n) is 3.90. The lowest BCUT2D eigenvalue weighted by molar-refractivity contribution is 1.52. The summed E-state index contributed by atoms with van der Waals surface area (Å²) < 4.78 is 0. The van der Waals surface area contributed by atoms with Gasteiger partial charge in [-0.2, -0.15) is 0 Å². The van der Waals surface area contributed by atoms with Gasteiger partial charge in [-0.15, -0.1) is 0 Å². The lowest BCUT2D eigenvalue weighted by Crippen LogP contribution is -2.12. The van der Waals surface area contributed by atoms with Gasteiger partial charge >= 0.3 is 0 Å². The Bertz CT molecular complexity index is 688. The third-order valence-electron chi connectivity index (χ3n) is 2.54. The number of benzene rings is 2. The van der Waals surface area contributed by atoms with E-state index in [9.17, 15) is 0 Å². The van der Waals surface area contributed by atoms with Crippen LogP contribution in [0, 0.1) is 0 Å². The quantitative estimate of drug-likeness (QED) is 0.542. The summed E-state index contributed by atoms with van der Waals surface area (Å²) in [6.07, 6.45) is 0. The fourth-order valence-electron chi connectivity index (χ4n) is 1.64. The summed E-state index contributed by atoms with van der Waals surface area (Å²) in [6.45, 7) is 0. The van der Waals surface area contributed by atoms with Gasteiger partial charge in [-0.1, -0.05) is 64.7 Å². The molecule has 0 fully saturated rings. The topological polar surface area (TPSA) is 38.0 Å². The Hall–Kier alpha value is -0.710. The Morgan fingerprint density at radius 2 is 1.55 bits per heavy atom. The first-order chi connectivity index (χ1) is 9.40. The van der Waals surface area contributed by atoms with Gasteiger partial charge in [0.05, 0.1) is 37.0 Å². The van der Waals surface area contributed by atoms with Crippen molar-refractivity contribution in [3.8, 4) is 0 Å². The van der Waals surface area contributed by atoms with Crippen molar-refractivity contribution in [2.75, 3.05) is 5.32 Å². The fourth-order valence-corrected chi connectivity index (χ4v) is 2.79. The van der Waals surface area contributed by atoms with Crippen LogP contribution in [-0.2, 0) is 0 Å². The lowest BCUT2D eigenvalue weighted by Gasteiger charge is -2.14. The molecule has 0 aromatic heterocycles. The van der Waals surface area contributed by atoms with Crippen LogP contribution < -0.4 is 11.1 Å². The number of hydrogen-bond donors (Lipinski definition) is 2. The van der Waals surface area contributed by atoms with E-state index < -0.39 is 0 Å². The SMILES string of the molecule is NC(=S)c1c(Cl)cccc1Nc1cc(Cl)c(Cl)cc1Cl. The molecule has 3 N–H and O–H groups in total. The van der Waals surface area contributed by atoms with Crippen LogP contribution in [0.15, 0.2) is 30.3 Å². The fraction of sp³-hybridized carbons (Fsp3) is 0. The molecule has 104 valence electrons. The Kier molecular flexibility index (Phi) is 4.99. The van der Waals surface area contributed by atoms with Crippen LogP contribution in [0.3, 0.4) is 0 Å². The van der Waals surface area contributed by atoms with Crippen molar-refractivity contribution >= 4 is 75.0 Å². The van der Waals surface area contributed by atoms with E-state index in [4.69, 9.17) is 64.4 Å². The van der Waals surface area contributed by atoms with Crippen LogP contribution in [0.4, 0.5) is 11.4 Å². The number of nitrogens with two attached hydrogens (primary N) is 1. The lowest BCUT2D eigenvalue weighted by atomic mass is 10.1. The number of rotatable bonds is 3. The van der Waals surface area contributed by atoms with Crippen molar-refractivity contribution in [2.24, 2.45) is 5.73 Å². The van der Waals surface area contributed by atoms with Crippen LogP contribution >= 0.6 is 58.6 Å². The Balaban J connectivity index is 2.48. The van der Waals surface area contributed by atoms with E-state index in [1.807, 2.05) is 0 Å². The van der Waals surface area contributed by atoms with E-state index in [2.05, 4.69) is 5.32 Å². The van der Waals surface area contributed by atoms with Gasteiger partial charge in [-0.05, 0) is 24.3 Å². The van der Waals surface area contributed by atoms with Gasteiger partial charge in [-0.3, -0.25) is 0 Å². The molecule has 0 aliphatic carbocycles. The molecule has 0 amide bonds. The normalized spacial score (nSPS) is 10.4. The highest BCUT2D eigenvalue weighted by Crippen LogP contribution is 2.35. The van der Waals surface area contributed by atoms with Crippen molar-refractivity contribution in [3.63, 3.8) is 0 Å². The first-order valence-electron chi connectivity index (χ1n) is 5.40. The van der Waals surface area contributed by atoms with Crippen LogP contribution in [0.1, 0.15) is 5.56 Å². The molecule has 0 bridgehead atoms. The van der Waals surface area contributed by atoms with E-state index in [0.717, 1.165) is 0 Å². The highest BCUT2D eigenvalue weighted by atomic mass is 35.5. The zero-order valence-corrected chi connectivity index (χ0v) is 13.7. The monoisotopic (exact) mass is 364 g/mol. The molecular formula is C13H8Cl4N2S. The first-order valence-corrected chi connectivity index (χ1v) is 7.32. The molecule has 20 heavy (non-hydrogen) atoms. The molecule has 0 heterocycles. The Morgan fingerprint density at radius 1 is 0.900 bits per heavy atom. The summed E-state index contributed by atoms with van der Waals surface area (Å²) in [5, 5.41) is 4.75. The molecule has 2 nitrogen and oxygen atoms in total. The van der Waals surface area contributed by atoms with Gasteiger partial charge in [-0.25, -0.2) is 0 Å². The minimum absolute atomic E-state index is 0.189. The van der Waals surface area contributed by atoms with E-state index in [1.54, 1.807) is 30.3 Å². The van der Waals surface area contributed by atoms with Gasteiger partial charge in [0, 0.05) is 0 Å². The number of thiocarbonyl (C=S) groups is 1. The molecular weight excluding hydrogens is 358 g/mol. The second-order valence-corrected chi connectivity index (χ2v) is 5.97. The molecule has 2 aromatic carbocycles. The largest absolute Gasteiger partial charge is 0.389 e. The third-order valence-corrected chi connectivity index (χ3v) is 4.09. The van der Waals surface area contributed by atoms with E-state index >= 15 is 0 Å². The number of hydrogen-bond acceptors (Lipinski definition) is 2. The molecule has 0 spiro atoms. The molecule has 0 unspecified atom stereocenters. The van der Waals surface area contributed by atoms with Gasteiger partial charge in [0.2, 0.25) is 0 Å². The highest BCUT2D eigenvalue weighted by Gasteiger charge is 2.12. The van der Waals surface area contributed by atoms with Crippen molar-refractivity contribution < 1.29 is 0 Å². The number of halogens is 4. The van der Waals surface area contributed by atoms with Gasteiger partial charge in [0.1, 0.15) is 4.99 Å². The Morgan fingerprint density at radius 3 is 2.20 bits per heavy atom. The summed E-state index contributed by atoms with van der Waals surface area (Å²) in [7, 11) is 0. The Labute approximate surface area is 141 Å². The molecule has 2 aromatic rings. The van der Waals surface area contributed by atoms with E-state index in [0.29, 0.717) is 37.0 Å². The van der Waals surface area contributed by atoms with Crippen molar-refractivity contribution in [1.29, 1.82) is 0 Å². The van der Waals surface area contributed by atoms with E-state index in [1.165, 1.54) is 0 Å². The zero-order valence-electron chi connectivity index (χ0n) is 9.88. The second kappa shape index (κ2) is 6.37. The van der Waals surface area contributed by atoms with Gasteiger partial charge in [0.25, 0.3) is 0 Å². The van der Waals surface area contributed by atoms with Gasteiger partial charge < -0.3 is 11.1 Å². The number of nitrogens with one attached hydrogen (secondary N) is 1. The molecule has 7 heteroatoms. The van der Waals surface area contributed by atoms with Crippen molar-refractivity contribution in [3.05, 3.63) is 56.0 Å². The standard InChI is InChI=1S/C13H8Cl4N2S/c14-6-2-1-3-10(12(6)13(18)20)19-11-5-8(16)7(15)4-9(11)17/h1-5,19H,(H2,18,20). The van der Waals surface area contributed by atoms with Gasteiger partial charge in [0.15, 0.2) is 0 Å². The van der Waals surface area contributed by atoms with E-state index in [-0.39, 0.29) is 4.99 Å². The maximum absolute atomic E-state index is 6.12. The predicted molar refractivity (Wildman–Crippen MR) is 92.1 cm³/mol. The summed E-state index contributed by atoms with van der Waals surface area (Å²) >= 11 is 29.1. The maximum Gasteiger partial charge on any atom is 0.107 e. The minimum Gasteiger partial charge on any atom is -0.389 e. The summed E-state index contributed by atoms with van der Waals surface area (Å²) in [5.41, 5.74) is 7.46. The van der Waals surface area contributed by atoms with Crippen LogP contribution in [0.25, 0.3) is 0 Å². The zero-order chi connectivity index (χ0) is 14.9. The molecule has 0 saturated heterocycles. The smallest absolute Gasteiger partial charge is 0.107 e. The summed E-state index contributed by atoms with van der Waals surface area (Å²) in [5.74, 6) is 0.